The van der Waals surface area contributed by atoms with Crippen molar-refractivity contribution in [1.29, 1.82) is 0 Å². The van der Waals surface area contributed by atoms with Crippen molar-refractivity contribution in [3.63, 3.8) is 0 Å². The van der Waals surface area contributed by atoms with Crippen LogP contribution in [0.5, 0.6) is 0 Å². The Morgan fingerprint density at radius 3 is 2.62 bits per heavy atom. The Morgan fingerprint density at radius 2 is 2.10 bits per heavy atom. The summed E-state index contributed by atoms with van der Waals surface area (Å²) in [6.07, 6.45) is 3.34. The number of carbonyl (C=O) groups is 1. The molecule has 1 fully saturated rings. The largest absolute Gasteiger partial charge is 0.444 e. The molecule has 3 rings (SSSR count). The molecular formula is C15H24N4O2. The first-order valence-electron chi connectivity index (χ1n) is 7.66. The second-order valence-electron chi connectivity index (χ2n) is 6.94. The Morgan fingerprint density at radius 1 is 1.38 bits per heavy atom. The molecule has 1 aromatic heterocycles. The quantitative estimate of drug-likeness (QED) is 0.908. The van der Waals surface area contributed by atoms with Gasteiger partial charge in [-0.25, -0.2) is 4.79 Å². The van der Waals surface area contributed by atoms with Gasteiger partial charge >= 0.3 is 6.09 Å². The van der Waals surface area contributed by atoms with Crippen LogP contribution in [0, 0.1) is 0 Å². The highest BCUT2D eigenvalue weighted by Gasteiger charge is 2.35. The monoisotopic (exact) mass is 292 g/mol. The summed E-state index contributed by atoms with van der Waals surface area (Å²) in [5, 5.41) is 4.65. The Labute approximate surface area is 125 Å². The Hall–Kier alpha value is -1.56. The Balaban J connectivity index is 1.80. The molecule has 0 spiro atoms. The van der Waals surface area contributed by atoms with Gasteiger partial charge in [-0.1, -0.05) is 0 Å². The summed E-state index contributed by atoms with van der Waals surface area (Å²) < 4.78 is 7.57. The van der Waals surface area contributed by atoms with Gasteiger partial charge in [0.05, 0.1) is 30.5 Å². The number of hydrogen-bond acceptors (Lipinski definition) is 4. The third kappa shape index (κ3) is 2.64. The third-order valence-electron chi connectivity index (χ3n) is 4.16. The van der Waals surface area contributed by atoms with Crippen molar-refractivity contribution in [2.24, 2.45) is 5.73 Å². The van der Waals surface area contributed by atoms with Crippen molar-refractivity contribution in [2.45, 2.75) is 71.3 Å². The van der Waals surface area contributed by atoms with Crippen LogP contribution in [-0.4, -0.2) is 26.4 Å². The van der Waals surface area contributed by atoms with Gasteiger partial charge in [0.2, 0.25) is 0 Å². The maximum atomic E-state index is 12.2. The van der Waals surface area contributed by atoms with Crippen LogP contribution in [0.4, 0.5) is 4.79 Å². The highest BCUT2D eigenvalue weighted by Crippen LogP contribution is 2.36. The van der Waals surface area contributed by atoms with Crippen LogP contribution in [0.25, 0.3) is 0 Å². The zero-order chi connectivity index (χ0) is 15.2. The standard InChI is InChI=1S/C15H24N4O2/c1-15(2,3)21-14(20)18-8-11-12(7-16)17-19(13(11)9-18)10-5-4-6-10/h10H,4-9,16H2,1-3H3. The van der Waals surface area contributed by atoms with E-state index < -0.39 is 5.60 Å². The van der Waals surface area contributed by atoms with E-state index in [-0.39, 0.29) is 6.09 Å². The molecule has 116 valence electrons. The van der Waals surface area contributed by atoms with Gasteiger partial charge in [0.15, 0.2) is 0 Å². The van der Waals surface area contributed by atoms with Crippen molar-refractivity contribution in [3.05, 3.63) is 17.0 Å². The molecule has 1 aliphatic heterocycles. The smallest absolute Gasteiger partial charge is 0.410 e. The molecule has 0 aromatic carbocycles. The van der Waals surface area contributed by atoms with E-state index >= 15 is 0 Å². The van der Waals surface area contributed by atoms with Crippen LogP contribution in [0.15, 0.2) is 0 Å². The lowest BCUT2D eigenvalue weighted by atomic mass is 9.93. The summed E-state index contributed by atoms with van der Waals surface area (Å²) in [5.74, 6) is 0. The molecule has 1 saturated carbocycles. The highest BCUT2D eigenvalue weighted by atomic mass is 16.6. The minimum atomic E-state index is -0.470. The van der Waals surface area contributed by atoms with E-state index in [9.17, 15) is 4.79 Å². The summed E-state index contributed by atoms with van der Waals surface area (Å²) in [4.78, 5) is 14.0. The molecule has 6 heteroatoms. The summed E-state index contributed by atoms with van der Waals surface area (Å²) >= 11 is 0. The van der Waals surface area contributed by atoms with Crippen LogP contribution >= 0.6 is 0 Å². The van der Waals surface area contributed by atoms with E-state index in [1.54, 1.807) is 4.90 Å². The van der Waals surface area contributed by atoms with Gasteiger partial charge in [0.25, 0.3) is 0 Å². The minimum absolute atomic E-state index is 0.262. The fraction of sp³-hybridized carbons (Fsp3) is 0.733. The zero-order valence-corrected chi connectivity index (χ0v) is 13.1. The molecule has 21 heavy (non-hydrogen) atoms. The normalized spacial score (nSPS) is 18.6. The number of nitrogens with two attached hydrogens (primary N) is 1. The van der Waals surface area contributed by atoms with Crippen LogP contribution in [0.1, 0.15) is 63.0 Å². The van der Waals surface area contributed by atoms with Gasteiger partial charge in [0, 0.05) is 12.1 Å². The molecule has 6 nitrogen and oxygen atoms in total. The maximum Gasteiger partial charge on any atom is 0.410 e. The van der Waals surface area contributed by atoms with E-state index in [0.29, 0.717) is 25.7 Å². The van der Waals surface area contributed by atoms with E-state index in [4.69, 9.17) is 10.5 Å². The fourth-order valence-corrected chi connectivity index (χ4v) is 2.89. The predicted molar refractivity (Wildman–Crippen MR) is 78.5 cm³/mol. The average molecular weight is 292 g/mol. The SMILES string of the molecule is CC(C)(C)OC(=O)N1Cc2c(CN)nn(C3CCC3)c2C1. The molecule has 2 aliphatic rings. The molecule has 1 aromatic rings. The molecular weight excluding hydrogens is 268 g/mol. The summed E-state index contributed by atoms with van der Waals surface area (Å²) in [6, 6.07) is 0.484. The zero-order valence-electron chi connectivity index (χ0n) is 13.1. The average Bonchev–Trinajstić information content (AvgIpc) is 2.85. The van der Waals surface area contributed by atoms with Crippen molar-refractivity contribution in [2.75, 3.05) is 0 Å². The summed E-state index contributed by atoms with van der Waals surface area (Å²) in [7, 11) is 0. The molecule has 0 atom stereocenters. The van der Waals surface area contributed by atoms with Gasteiger partial charge in [-0.3, -0.25) is 9.58 Å². The fourth-order valence-electron chi connectivity index (χ4n) is 2.89. The molecule has 1 aliphatic carbocycles. The van der Waals surface area contributed by atoms with E-state index in [0.717, 1.165) is 17.0 Å². The summed E-state index contributed by atoms with van der Waals surface area (Å²) in [6.45, 7) is 7.21. The first kappa shape index (κ1) is 14.4. The minimum Gasteiger partial charge on any atom is -0.444 e. The molecule has 2 N–H and O–H groups in total. The van der Waals surface area contributed by atoms with Gasteiger partial charge < -0.3 is 10.5 Å². The topological polar surface area (TPSA) is 73.4 Å². The lowest BCUT2D eigenvalue weighted by Crippen LogP contribution is -2.34. The Bertz CT molecular complexity index is 555. The lowest BCUT2D eigenvalue weighted by molar-refractivity contribution is 0.0236. The molecule has 1 amide bonds. The second kappa shape index (κ2) is 5.02. The number of fused-ring (bicyclic) bond motifs is 1. The van der Waals surface area contributed by atoms with Crippen molar-refractivity contribution in [3.8, 4) is 0 Å². The Kier molecular flexibility index (Phi) is 3.43. The maximum absolute atomic E-state index is 12.2. The van der Waals surface area contributed by atoms with Crippen LogP contribution in [0.2, 0.25) is 0 Å². The summed E-state index contributed by atoms with van der Waals surface area (Å²) in [5.41, 5.74) is 8.52. The van der Waals surface area contributed by atoms with Crippen molar-refractivity contribution < 1.29 is 9.53 Å². The van der Waals surface area contributed by atoms with Gasteiger partial charge in [0.1, 0.15) is 5.60 Å². The van der Waals surface area contributed by atoms with Crippen LogP contribution < -0.4 is 5.73 Å². The van der Waals surface area contributed by atoms with E-state index in [2.05, 4.69) is 9.78 Å². The predicted octanol–water partition coefficient (Wildman–Crippen LogP) is 2.32. The number of amides is 1. The molecule has 0 radical (unpaired) electrons. The van der Waals surface area contributed by atoms with Crippen LogP contribution in [0.3, 0.4) is 0 Å². The highest BCUT2D eigenvalue weighted by molar-refractivity contribution is 5.69. The number of ether oxygens (including phenoxy) is 1. The number of aromatic nitrogens is 2. The third-order valence-corrected chi connectivity index (χ3v) is 4.16. The number of nitrogens with zero attached hydrogens (tertiary/aromatic N) is 3. The molecule has 0 unspecified atom stereocenters. The van der Waals surface area contributed by atoms with Crippen molar-refractivity contribution >= 4 is 6.09 Å². The van der Waals surface area contributed by atoms with Crippen LogP contribution in [-0.2, 0) is 24.4 Å². The molecule has 0 bridgehead atoms. The second-order valence-corrected chi connectivity index (χ2v) is 6.94. The van der Waals surface area contributed by atoms with Crippen molar-refractivity contribution in [1.82, 2.24) is 14.7 Å². The lowest BCUT2D eigenvalue weighted by Gasteiger charge is -2.28. The number of carbonyl (C=O) groups excluding carboxylic acids is 1. The number of rotatable bonds is 2. The van der Waals surface area contributed by atoms with E-state index in [1.165, 1.54) is 19.3 Å². The first-order valence-corrected chi connectivity index (χ1v) is 7.66. The van der Waals surface area contributed by atoms with Gasteiger partial charge in [-0.05, 0) is 40.0 Å². The molecule has 0 saturated heterocycles. The first-order chi connectivity index (χ1) is 9.89. The molecule has 2 heterocycles. The number of hydrogen-bond donors (Lipinski definition) is 1. The van der Waals surface area contributed by atoms with Gasteiger partial charge in [-0.2, -0.15) is 5.10 Å². The van der Waals surface area contributed by atoms with E-state index in [1.807, 2.05) is 20.8 Å². The van der Waals surface area contributed by atoms with Gasteiger partial charge in [-0.15, -0.1) is 0 Å².